The van der Waals surface area contributed by atoms with Crippen LogP contribution in [0.3, 0.4) is 0 Å². The molecule has 0 radical (unpaired) electrons. The predicted molar refractivity (Wildman–Crippen MR) is 131 cm³/mol. The number of aryl methyl sites for hydroxylation is 1. The van der Waals surface area contributed by atoms with Gasteiger partial charge in [-0.15, -0.1) is 0 Å². The fourth-order valence-corrected chi connectivity index (χ4v) is 3.29. The molecule has 7 nitrogen and oxygen atoms in total. The third-order valence-corrected chi connectivity index (χ3v) is 5.05. The number of para-hydroxylation sites is 1. The van der Waals surface area contributed by atoms with Crippen molar-refractivity contribution < 1.29 is 14.4 Å². The number of hydrogen-bond donors (Lipinski definition) is 4. The van der Waals surface area contributed by atoms with Crippen LogP contribution in [0.2, 0.25) is 0 Å². The van der Waals surface area contributed by atoms with Gasteiger partial charge in [-0.3, -0.25) is 9.59 Å². The molecule has 33 heavy (non-hydrogen) atoms. The van der Waals surface area contributed by atoms with Crippen molar-refractivity contribution in [2.45, 2.75) is 26.8 Å². The molecule has 7 heteroatoms. The highest BCUT2D eigenvalue weighted by Crippen LogP contribution is 2.17. The molecule has 0 saturated carbocycles. The Morgan fingerprint density at radius 3 is 1.94 bits per heavy atom. The first-order valence-corrected chi connectivity index (χ1v) is 10.7. The Morgan fingerprint density at radius 1 is 0.697 bits per heavy atom. The summed E-state index contributed by atoms with van der Waals surface area (Å²) in [5, 5.41) is 11.2. The topological polar surface area (TPSA) is 99.3 Å². The SMILES string of the molecule is Cc1ccccc1C(=O)N[C@H](C(=O)Nc1cccc(NC(=O)Nc2ccccc2)c1)C(C)C. The van der Waals surface area contributed by atoms with E-state index < -0.39 is 12.1 Å². The summed E-state index contributed by atoms with van der Waals surface area (Å²) >= 11 is 0. The predicted octanol–water partition coefficient (Wildman–Crippen LogP) is 5.03. The molecule has 0 bridgehead atoms. The average Bonchev–Trinajstić information content (AvgIpc) is 2.78. The van der Waals surface area contributed by atoms with Gasteiger partial charge >= 0.3 is 6.03 Å². The number of urea groups is 1. The van der Waals surface area contributed by atoms with Gasteiger partial charge in [0.25, 0.3) is 5.91 Å². The van der Waals surface area contributed by atoms with E-state index in [-0.39, 0.29) is 17.7 Å². The number of carbonyl (C=O) groups is 3. The summed E-state index contributed by atoms with van der Waals surface area (Å²) in [6.07, 6.45) is 0. The van der Waals surface area contributed by atoms with Gasteiger partial charge in [-0.1, -0.05) is 56.3 Å². The van der Waals surface area contributed by atoms with E-state index in [1.807, 2.05) is 51.1 Å². The van der Waals surface area contributed by atoms with Crippen LogP contribution in [0.25, 0.3) is 0 Å². The van der Waals surface area contributed by atoms with Crippen LogP contribution in [0, 0.1) is 12.8 Å². The lowest BCUT2D eigenvalue weighted by Crippen LogP contribution is -2.47. The molecule has 0 aliphatic carbocycles. The number of hydrogen-bond acceptors (Lipinski definition) is 3. The number of rotatable bonds is 7. The van der Waals surface area contributed by atoms with E-state index in [4.69, 9.17) is 0 Å². The summed E-state index contributed by atoms with van der Waals surface area (Å²) in [6, 6.07) is 22.0. The zero-order valence-electron chi connectivity index (χ0n) is 18.9. The number of amides is 4. The second kappa shape index (κ2) is 10.9. The van der Waals surface area contributed by atoms with E-state index in [9.17, 15) is 14.4 Å². The third kappa shape index (κ3) is 6.67. The van der Waals surface area contributed by atoms with E-state index in [2.05, 4.69) is 21.3 Å². The summed E-state index contributed by atoms with van der Waals surface area (Å²) in [5.41, 5.74) is 3.07. The van der Waals surface area contributed by atoms with Crippen LogP contribution < -0.4 is 21.3 Å². The molecular weight excluding hydrogens is 416 g/mol. The van der Waals surface area contributed by atoms with Gasteiger partial charge in [0.1, 0.15) is 6.04 Å². The van der Waals surface area contributed by atoms with Crippen molar-refractivity contribution in [2.24, 2.45) is 5.92 Å². The summed E-state index contributed by atoms with van der Waals surface area (Å²) in [6.45, 7) is 5.59. The average molecular weight is 445 g/mol. The first-order valence-electron chi connectivity index (χ1n) is 10.7. The van der Waals surface area contributed by atoms with Gasteiger partial charge in [0.05, 0.1) is 0 Å². The highest BCUT2D eigenvalue weighted by Gasteiger charge is 2.25. The highest BCUT2D eigenvalue weighted by molar-refractivity contribution is 6.03. The molecule has 3 aromatic rings. The number of anilines is 3. The maximum atomic E-state index is 13.0. The molecule has 4 N–H and O–H groups in total. The van der Waals surface area contributed by atoms with E-state index >= 15 is 0 Å². The molecule has 4 amide bonds. The van der Waals surface area contributed by atoms with Gasteiger partial charge in [0, 0.05) is 22.6 Å². The van der Waals surface area contributed by atoms with E-state index in [0.29, 0.717) is 22.6 Å². The van der Waals surface area contributed by atoms with E-state index in [0.717, 1.165) is 5.56 Å². The molecule has 0 aliphatic heterocycles. The molecule has 170 valence electrons. The lowest BCUT2D eigenvalue weighted by atomic mass is 10.0. The Labute approximate surface area is 193 Å². The number of carbonyl (C=O) groups excluding carboxylic acids is 3. The van der Waals surface area contributed by atoms with Crippen molar-refractivity contribution in [3.05, 3.63) is 90.0 Å². The molecular formula is C26H28N4O3. The number of benzene rings is 3. The Hall–Kier alpha value is -4.13. The monoisotopic (exact) mass is 444 g/mol. The Kier molecular flexibility index (Phi) is 7.81. The Morgan fingerprint density at radius 2 is 1.27 bits per heavy atom. The van der Waals surface area contributed by atoms with Gasteiger partial charge in [-0.05, 0) is 54.8 Å². The summed E-state index contributed by atoms with van der Waals surface area (Å²) < 4.78 is 0. The normalized spacial score (nSPS) is 11.4. The maximum Gasteiger partial charge on any atom is 0.323 e. The van der Waals surface area contributed by atoms with Crippen LogP contribution in [0.5, 0.6) is 0 Å². The second-order valence-electron chi connectivity index (χ2n) is 8.03. The third-order valence-electron chi connectivity index (χ3n) is 5.05. The molecule has 0 saturated heterocycles. The summed E-state index contributed by atoms with van der Waals surface area (Å²) in [5.74, 6) is -0.760. The van der Waals surface area contributed by atoms with E-state index in [1.165, 1.54) is 0 Å². The first kappa shape index (κ1) is 23.5. The van der Waals surface area contributed by atoms with Gasteiger partial charge in [0.2, 0.25) is 5.91 Å². The fourth-order valence-electron chi connectivity index (χ4n) is 3.29. The van der Waals surface area contributed by atoms with Crippen molar-refractivity contribution in [2.75, 3.05) is 16.0 Å². The molecule has 0 heterocycles. The zero-order chi connectivity index (χ0) is 23.8. The van der Waals surface area contributed by atoms with Gasteiger partial charge in [-0.25, -0.2) is 4.79 Å². The molecule has 0 unspecified atom stereocenters. The molecule has 3 rings (SSSR count). The lowest BCUT2D eigenvalue weighted by Gasteiger charge is -2.22. The van der Waals surface area contributed by atoms with Crippen molar-refractivity contribution in [3.63, 3.8) is 0 Å². The highest BCUT2D eigenvalue weighted by atomic mass is 16.2. The molecule has 3 aromatic carbocycles. The van der Waals surface area contributed by atoms with E-state index in [1.54, 1.807) is 48.5 Å². The standard InChI is InChI=1S/C26H28N4O3/c1-17(2)23(30-24(31)22-15-8-7-10-18(22)3)25(32)27-20-13-9-14-21(16-20)29-26(33)28-19-11-5-4-6-12-19/h4-17,23H,1-3H3,(H,27,32)(H,30,31)(H2,28,29,33)/t23-/m0/s1. The lowest BCUT2D eigenvalue weighted by molar-refractivity contribution is -0.118. The number of nitrogens with one attached hydrogen (secondary N) is 4. The minimum atomic E-state index is -0.727. The van der Waals surface area contributed by atoms with Crippen molar-refractivity contribution >= 4 is 34.9 Å². The van der Waals surface area contributed by atoms with Crippen LogP contribution in [-0.4, -0.2) is 23.9 Å². The fraction of sp³-hybridized carbons (Fsp3) is 0.192. The summed E-state index contributed by atoms with van der Waals surface area (Å²) in [4.78, 5) is 37.9. The van der Waals surface area contributed by atoms with Crippen LogP contribution in [-0.2, 0) is 4.79 Å². The van der Waals surface area contributed by atoms with Crippen LogP contribution >= 0.6 is 0 Å². The minimum absolute atomic E-state index is 0.129. The van der Waals surface area contributed by atoms with Crippen LogP contribution in [0.15, 0.2) is 78.9 Å². The van der Waals surface area contributed by atoms with Crippen molar-refractivity contribution in [1.82, 2.24) is 5.32 Å². The molecule has 0 fully saturated rings. The summed E-state index contributed by atoms with van der Waals surface area (Å²) in [7, 11) is 0. The second-order valence-corrected chi connectivity index (χ2v) is 8.03. The Bertz CT molecular complexity index is 1130. The minimum Gasteiger partial charge on any atom is -0.340 e. The molecule has 1 atom stereocenters. The molecule has 0 spiro atoms. The van der Waals surface area contributed by atoms with Gasteiger partial charge in [0.15, 0.2) is 0 Å². The van der Waals surface area contributed by atoms with Gasteiger partial charge < -0.3 is 21.3 Å². The van der Waals surface area contributed by atoms with Crippen LogP contribution in [0.1, 0.15) is 29.8 Å². The largest absolute Gasteiger partial charge is 0.340 e. The maximum absolute atomic E-state index is 13.0. The van der Waals surface area contributed by atoms with Crippen molar-refractivity contribution in [1.29, 1.82) is 0 Å². The van der Waals surface area contributed by atoms with Crippen LogP contribution in [0.4, 0.5) is 21.9 Å². The van der Waals surface area contributed by atoms with Crippen molar-refractivity contribution in [3.8, 4) is 0 Å². The smallest absolute Gasteiger partial charge is 0.323 e. The molecule has 0 aromatic heterocycles. The zero-order valence-corrected chi connectivity index (χ0v) is 18.9. The van der Waals surface area contributed by atoms with Gasteiger partial charge in [-0.2, -0.15) is 0 Å². The first-order chi connectivity index (χ1) is 15.8. The molecule has 0 aliphatic rings. The quantitative estimate of drug-likeness (QED) is 0.411. The Balaban J connectivity index is 1.64.